The van der Waals surface area contributed by atoms with Gasteiger partial charge in [0.15, 0.2) is 5.13 Å². The molecule has 0 N–H and O–H groups in total. The molecule has 6 heteroatoms. The first-order chi connectivity index (χ1) is 10.6. The maximum Gasteiger partial charge on any atom is 0.232 e. The quantitative estimate of drug-likeness (QED) is 0.871. The summed E-state index contributed by atoms with van der Waals surface area (Å²) in [5.74, 6) is 0.173. The molecule has 1 aliphatic heterocycles. The number of carbonyl (C=O) groups is 2. The SMILES string of the molecule is CN(C(=O)Cc1ccc(N2CCCC2=O)cc1)c1nccs1. The van der Waals surface area contributed by atoms with Crippen LogP contribution in [0.15, 0.2) is 35.8 Å². The van der Waals surface area contributed by atoms with Crippen molar-refractivity contribution in [2.45, 2.75) is 19.3 Å². The van der Waals surface area contributed by atoms with Crippen LogP contribution in [0.5, 0.6) is 0 Å². The van der Waals surface area contributed by atoms with Crippen molar-refractivity contribution < 1.29 is 9.59 Å². The van der Waals surface area contributed by atoms with Gasteiger partial charge in [-0.2, -0.15) is 0 Å². The van der Waals surface area contributed by atoms with Crippen LogP contribution in [0, 0.1) is 0 Å². The third kappa shape index (κ3) is 3.01. The third-order valence-electron chi connectivity index (χ3n) is 3.76. The third-order valence-corrected chi connectivity index (χ3v) is 4.60. The van der Waals surface area contributed by atoms with E-state index in [4.69, 9.17) is 0 Å². The Labute approximate surface area is 133 Å². The Morgan fingerprint density at radius 1 is 1.36 bits per heavy atom. The fraction of sp³-hybridized carbons (Fsp3) is 0.312. The van der Waals surface area contributed by atoms with Gasteiger partial charge in [0.05, 0.1) is 6.42 Å². The van der Waals surface area contributed by atoms with Gasteiger partial charge in [-0.1, -0.05) is 12.1 Å². The summed E-state index contributed by atoms with van der Waals surface area (Å²) in [6.07, 6.45) is 3.55. The van der Waals surface area contributed by atoms with Crippen LogP contribution in [0.2, 0.25) is 0 Å². The Balaban J connectivity index is 1.66. The fourth-order valence-corrected chi connectivity index (χ4v) is 3.12. The first-order valence-electron chi connectivity index (χ1n) is 7.20. The number of benzene rings is 1. The Bertz CT molecular complexity index is 667. The molecule has 1 fully saturated rings. The summed E-state index contributed by atoms with van der Waals surface area (Å²) in [4.78, 5) is 31.5. The van der Waals surface area contributed by atoms with Gasteiger partial charge >= 0.3 is 0 Å². The summed E-state index contributed by atoms with van der Waals surface area (Å²) in [7, 11) is 1.73. The maximum absolute atomic E-state index is 12.2. The van der Waals surface area contributed by atoms with E-state index in [1.54, 1.807) is 23.0 Å². The largest absolute Gasteiger partial charge is 0.312 e. The van der Waals surface area contributed by atoms with E-state index in [1.807, 2.05) is 29.6 Å². The molecule has 1 aromatic carbocycles. The molecule has 1 aliphatic rings. The Morgan fingerprint density at radius 2 is 2.14 bits per heavy atom. The molecule has 2 aromatic rings. The second-order valence-corrected chi connectivity index (χ2v) is 6.13. The smallest absolute Gasteiger partial charge is 0.232 e. The minimum atomic E-state index is -0.0000473. The predicted octanol–water partition coefficient (Wildman–Crippen LogP) is 2.48. The summed E-state index contributed by atoms with van der Waals surface area (Å²) < 4.78 is 0. The summed E-state index contributed by atoms with van der Waals surface area (Å²) in [5, 5.41) is 2.55. The molecule has 5 nitrogen and oxygen atoms in total. The highest BCUT2D eigenvalue weighted by Crippen LogP contribution is 2.22. The summed E-state index contributed by atoms with van der Waals surface area (Å²) in [6.45, 7) is 0.782. The van der Waals surface area contributed by atoms with Gasteiger partial charge in [-0.05, 0) is 24.1 Å². The molecule has 2 heterocycles. The summed E-state index contributed by atoms with van der Waals surface area (Å²) in [6, 6.07) is 7.65. The summed E-state index contributed by atoms with van der Waals surface area (Å²) >= 11 is 1.44. The Kier molecular flexibility index (Phi) is 4.20. The van der Waals surface area contributed by atoms with Crippen LogP contribution in [-0.4, -0.2) is 30.4 Å². The van der Waals surface area contributed by atoms with Crippen LogP contribution in [0.25, 0.3) is 0 Å². The number of thiazole rings is 1. The van der Waals surface area contributed by atoms with Crippen LogP contribution in [0.4, 0.5) is 10.8 Å². The zero-order valence-electron chi connectivity index (χ0n) is 12.4. The molecule has 0 unspecified atom stereocenters. The monoisotopic (exact) mass is 315 g/mol. The molecule has 0 radical (unpaired) electrons. The average molecular weight is 315 g/mol. The number of carbonyl (C=O) groups excluding carboxylic acids is 2. The van der Waals surface area contributed by atoms with Gasteiger partial charge in [0.25, 0.3) is 0 Å². The highest BCUT2D eigenvalue weighted by molar-refractivity contribution is 7.13. The van der Waals surface area contributed by atoms with E-state index in [1.165, 1.54) is 11.3 Å². The number of aromatic nitrogens is 1. The number of amides is 2. The topological polar surface area (TPSA) is 53.5 Å². The molecular weight excluding hydrogens is 298 g/mol. The lowest BCUT2D eigenvalue weighted by molar-refractivity contribution is -0.118. The van der Waals surface area contributed by atoms with E-state index in [-0.39, 0.29) is 11.8 Å². The highest BCUT2D eigenvalue weighted by atomic mass is 32.1. The van der Waals surface area contributed by atoms with Crippen molar-refractivity contribution in [2.75, 3.05) is 23.4 Å². The highest BCUT2D eigenvalue weighted by Gasteiger charge is 2.21. The molecule has 0 atom stereocenters. The molecule has 0 aliphatic carbocycles. The second-order valence-electron chi connectivity index (χ2n) is 5.26. The minimum absolute atomic E-state index is 0.0000473. The van der Waals surface area contributed by atoms with Gasteiger partial charge in [-0.15, -0.1) is 11.3 Å². The van der Waals surface area contributed by atoms with Crippen LogP contribution in [-0.2, 0) is 16.0 Å². The number of hydrogen-bond donors (Lipinski definition) is 0. The van der Waals surface area contributed by atoms with Crippen LogP contribution >= 0.6 is 11.3 Å². The maximum atomic E-state index is 12.2. The van der Waals surface area contributed by atoms with Crippen molar-refractivity contribution >= 4 is 34.0 Å². The Morgan fingerprint density at radius 3 is 2.73 bits per heavy atom. The average Bonchev–Trinajstić information content (AvgIpc) is 3.19. The lowest BCUT2D eigenvalue weighted by Crippen LogP contribution is -2.27. The van der Waals surface area contributed by atoms with Gasteiger partial charge < -0.3 is 4.90 Å². The van der Waals surface area contributed by atoms with Gasteiger partial charge in [-0.25, -0.2) is 4.98 Å². The molecule has 2 amide bonds. The van der Waals surface area contributed by atoms with Crippen molar-refractivity contribution in [3.63, 3.8) is 0 Å². The molecule has 0 spiro atoms. The zero-order valence-corrected chi connectivity index (χ0v) is 13.2. The standard InChI is InChI=1S/C16H17N3O2S/c1-18(16-17-8-10-22-16)15(21)11-12-4-6-13(7-5-12)19-9-2-3-14(19)20/h4-8,10H,2-3,9,11H2,1H3. The number of anilines is 2. The van der Waals surface area contributed by atoms with Crippen LogP contribution in [0.3, 0.4) is 0 Å². The molecule has 3 rings (SSSR count). The van der Waals surface area contributed by atoms with Crippen LogP contribution in [0.1, 0.15) is 18.4 Å². The number of nitrogens with zero attached hydrogens (tertiary/aromatic N) is 3. The Hall–Kier alpha value is -2.21. The lowest BCUT2D eigenvalue weighted by Gasteiger charge is -2.17. The van der Waals surface area contributed by atoms with E-state index < -0.39 is 0 Å². The molecule has 1 aromatic heterocycles. The van der Waals surface area contributed by atoms with E-state index in [9.17, 15) is 9.59 Å². The molecule has 114 valence electrons. The van der Waals surface area contributed by atoms with Gasteiger partial charge in [-0.3, -0.25) is 14.5 Å². The first-order valence-corrected chi connectivity index (χ1v) is 8.08. The predicted molar refractivity (Wildman–Crippen MR) is 87.3 cm³/mol. The summed E-state index contributed by atoms with van der Waals surface area (Å²) in [5.41, 5.74) is 1.84. The van der Waals surface area contributed by atoms with E-state index in [0.717, 1.165) is 24.2 Å². The van der Waals surface area contributed by atoms with Crippen LogP contribution < -0.4 is 9.80 Å². The number of likely N-dealkylation sites (N-methyl/N-ethyl adjacent to an activating group) is 1. The molecule has 22 heavy (non-hydrogen) atoms. The molecule has 0 bridgehead atoms. The fourth-order valence-electron chi connectivity index (χ4n) is 2.50. The molecule has 1 saturated heterocycles. The van der Waals surface area contributed by atoms with Crippen molar-refractivity contribution in [1.29, 1.82) is 0 Å². The van der Waals surface area contributed by atoms with Crippen molar-refractivity contribution in [2.24, 2.45) is 0 Å². The normalized spacial score (nSPS) is 14.4. The van der Waals surface area contributed by atoms with E-state index in [0.29, 0.717) is 18.0 Å². The van der Waals surface area contributed by atoms with Gasteiger partial charge in [0.1, 0.15) is 0 Å². The number of rotatable bonds is 4. The van der Waals surface area contributed by atoms with Gasteiger partial charge in [0.2, 0.25) is 11.8 Å². The zero-order chi connectivity index (χ0) is 15.5. The van der Waals surface area contributed by atoms with E-state index in [2.05, 4.69) is 4.98 Å². The van der Waals surface area contributed by atoms with Gasteiger partial charge in [0, 0.05) is 37.3 Å². The van der Waals surface area contributed by atoms with E-state index >= 15 is 0 Å². The number of hydrogen-bond acceptors (Lipinski definition) is 4. The minimum Gasteiger partial charge on any atom is -0.312 e. The van der Waals surface area contributed by atoms with Crippen molar-refractivity contribution in [3.05, 3.63) is 41.4 Å². The molecular formula is C16H17N3O2S. The lowest BCUT2D eigenvalue weighted by atomic mass is 10.1. The first kappa shape index (κ1) is 14.7. The van der Waals surface area contributed by atoms with Crippen molar-refractivity contribution in [3.8, 4) is 0 Å². The second kappa shape index (κ2) is 6.27. The molecule has 0 saturated carbocycles. The van der Waals surface area contributed by atoms with Crippen molar-refractivity contribution in [1.82, 2.24) is 4.98 Å².